The molecule has 2 aliphatic rings. The smallest absolute Gasteiger partial charge is 0.341 e. The molecule has 0 bridgehead atoms. The van der Waals surface area contributed by atoms with Crippen molar-refractivity contribution in [3.05, 3.63) is 46.0 Å². The molecule has 0 saturated carbocycles. The van der Waals surface area contributed by atoms with E-state index >= 15 is 0 Å². The molecule has 2 aromatic carbocycles. The summed E-state index contributed by atoms with van der Waals surface area (Å²) in [6, 6.07) is 7.59. The SMILES string of the molecule is COC(=O)c1cc2c(c3c1OC(C)(C)C3)NC(Nc1cc(C)ccc1Cl)N2. The van der Waals surface area contributed by atoms with Crippen LogP contribution in [0, 0.1) is 6.92 Å². The van der Waals surface area contributed by atoms with Crippen LogP contribution in [0.4, 0.5) is 17.1 Å². The van der Waals surface area contributed by atoms with E-state index in [0.29, 0.717) is 22.8 Å². The minimum Gasteiger partial charge on any atom is -0.486 e. The van der Waals surface area contributed by atoms with Crippen LogP contribution in [0.1, 0.15) is 35.3 Å². The summed E-state index contributed by atoms with van der Waals surface area (Å²) in [7, 11) is 1.37. The number of rotatable bonds is 3. The molecular weight excluding hydrogens is 366 g/mol. The second-order valence-electron chi connectivity index (χ2n) is 7.53. The van der Waals surface area contributed by atoms with E-state index < -0.39 is 5.97 Å². The van der Waals surface area contributed by atoms with E-state index in [1.807, 2.05) is 39.0 Å². The van der Waals surface area contributed by atoms with Gasteiger partial charge in [0, 0.05) is 12.0 Å². The van der Waals surface area contributed by atoms with Crippen molar-refractivity contribution in [3.63, 3.8) is 0 Å². The Bertz CT molecular complexity index is 943. The highest BCUT2D eigenvalue weighted by Gasteiger charge is 2.39. The molecule has 27 heavy (non-hydrogen) atoms. The van der Waals surface area contributed by atoms with Gasteiger partial charge in [0.1, 0.15) is 16.9 Å². The fourth-order valence-electron chi connectivity index (χ4n) is 3.60. The zero-order valence-electron chi connectivity index (χ0n) is 15.7. The second kappa shape index (κ2) is 6.23. The number of hydrogen-bond acceptors (Lipinski definition) is 6. The topological polar surface area (TPSA) is 71.6 Å². The third kappa shape index (κ3) is 3.14. The highest BCUT2D eigenvalue weighted by Crippen LogP contribution is 2.48. The van der Waals surface area contributed by atoms with Crippen molar-refractivity contribution in [2.24, 2.45) is 0 Å². The van der Waals surface area contributed by atoms with Crippen molar-refractivity contribution in [3.8, 4) is 5.75 Å². The highest BCUT2D eigenvalue weighted by molar-refractivity contribution is 6.33. The average Bonchev–Trinajstić information content (AvgIpc) is 3.15. The Kier molecular flexibility index (Phi) is 4.11. The third-order valence-corrected chi connectivity index (χ3v) is 5.10. The number of anilines is 3. The number of halogens is 1. The summed E-state index contributed by atoms with van der Waals surface area (Å²) < 4.78 is 11.0. The third-order valence-electron chi connectivity index (χ3n) is 4.77. The van der Waals surface area contributed by atoms with Gasteiger partial charge in [-0.25, -0.2) is 4.79 Å². The van der Waals surface area contributed by atoms with Crippen molar-refractivity contribution < 1.29 is 14.3 Å². The van der Waals surface area contributed by atoms with Crippen LogP contribution in [0.3, 0.4) is 0 Å². The molecule has 3 N–H and O–H groups in total. The Morgan fingerprint density at radius 2 is 2.11 bits per heavy atom. The number of methoxy groups -OCH3 is 1. The van der Waals surface area contributed by atoms with Crippen LogP contribution in [0.5, 0.6) is 5.75 Å². The van der Waals surface area contributed by atoms with E-state index in [-0.39, 0.29) is 11.9 Å². The molecule has 0 saturated heterocycles. The summed E-state index contributed by atoms with van der Waals surface area (Å²) in [5, 5.41) is 10.8. The van der Waals surface area contributed by atoms with Crippen LogP contribution in [0.15, 0.2) is 24.3 Å². The molecule has 0 aliphatic carbocycles. The van der Waals surface area contributed by atoms with Crippen LogP contribution >= 0.6 is 11.6 Å². The van der Waals surface area contributed by atoms with E-state index in [1.165, 1.54) is 7.11 Å². The summed E-state index contributed by atoms with van der Waals surface area (Å²) in [5.74, 6) is 0.181. The zero-order valence-corrected chi connectivity index (χ0v) is 16.5. The van der Waals surface area contributed by atoms with Gasteiger partial charge in [-0.3, -0.25) is 0 Å². The number of hydrogen-bond donors (Lipinski definition) is 3. The van der Waals surface area contributed by atoms with E-state index in [2.05, 4.69) is 16.0 Å². The van der Waals surface area contributed by atoms with Crippen molar-refractivity contribution in [1.29, 1.82) is 0 Å². The predicted molar refractivity (Wildman–Crippen MR) is 107 cm³/mol. The standard InChI is InChI=1S/C20H22ClN3O3/c1-10-5-6-13(21)14(7-10)22-19-23-15-8-11(18(25)26-4)17-12(16(15)24-19)9-20(2,3)27-17/h5-8,19,22-24H,9H2,1-4H3. The quantitative estimate of drug-likeness (QED) is 0.679. The fourth-order valence-corrected chi connectivity index (χ4v) is 3.77. The van der Waals surface area contributed by atoms with Crippen LogP contribution < -0.4 is 20.7 Å². The molecule has 0 radical (unpaired) electrons. The lowest BCUT2D eigenvalue weighted by Gasteiger charge is -2.18. The summed E-state index contributed by atoms with van der Waals surface area (Å²) >= 11 is 6.30. The lowest BCUT2D eigenvalue weighted by Crippen LogP contribution is -2.31. The maximum absolute atomic E-state index is 12.3. The molecule has 0 aromatic heterocycles. The second-order valence-corrected chi connectivity index (χ2v) is 7.94. The first-order valence-electron chi connectivity index (χ1n) is 8.80. The molecule has 2 aliphatic heterocycles. The number of benzene rings is 2. The maximum atomic E-state index is 12.3. The van der Waals surface area contributed by atoms with Gasteiger partial charge in [-0.1, -0.05) is 17.7 Å². The number of carbonyl (C=O) groups excluding carboxylic acids is 1. The Morgan fingerprint density at radius 3 is 2.85 bits per heavy atom. The number of nitrogens with one attached hydrogen (secondary N) is 3. The zero-order chi connectivity index (χ0) is 19.3. The molecule has 2 heterocycles. The molecule has 6 nitrogen and oxygen atoms in total. The summed E-state index contributed by atoms with van der Waals surface area (Å²) in [4.78, 5) is 12.3. The largest absolute Gasteiger partial charge is 0.486 e. The molecular formula is C20H22ClN3O3. The molecule has 142 valence electrons. The van der Waals surface area contributed by atoms with Gasteiger partial charge in [-0.15, -0.1) is 0 Å². The van der Waals surface area contributed by atoms with E-state index in [0.717, 1.165) is 28.2 Å². The first-order chi connectivity index (χ1) is 12.8. The van der Waals surface area contributed by atoms with Gasteiger partial charge in [-0.2, -0.15) is 0 Å². The maximum Gasteiger partial charge on any atom is 0.341 e. The molecule has 4 rings (SSSR count). The van der Waals surface area contributed by atoms with Gasteiger partial charge in [-0.05, 0) is 44.5 Å². The minimum atomic E-state index is -0.410. The average molecular weight is 388 g/mol. The normalized spacial score (nSPS) is 18.6. The van der Waals surface area contributed by atoms with Gasteiger partial charge in [0.25, 0.3) is 0 Å². The van der Waals surface area contributed by atoms with Crippen LogP contribution in [-0.4, -0.2) is 25.0 Å². The molecule has 1 unspecified atom stereocenters. The Hall–Kier alpha value is -2.60. The van der Waals surface area contributed by atoms with Crippen LogP contribution in [0.25, 0.3) is 0 Å². The first-order valence-corrected chi connectivity index (χ1v) is 9.18. The predicted octanol–water partition coefficient (Wildman–Crippen LogP) is 4.38. The summed E-state index contributed by atoms with van der Waals surface area (Å²) in [5.41, 5.74) is 4.73. The fraction of sp³-hybridized carbons (Fsp3) is 0.350. The van der Waals surface area contributed by atoms with Crippen molar-refractivity contribution >= 4 is 34.6 Å². The number of carbonyl (C=O) groups is 1. The number of ether oxygens (including phenoxy) is 2. The summed E-state index contributed by atoms with van der Waals surface area (Å²) in [6.45, 7) is 6.02. The van der Waals surface area contributed by atoms with Gasteiger partial charge < -0.3 is 25.4 Å². The Morgan fingerprint density at radius 1 is 1.33 bits per heavy atom. The van der Waals surface area contributed by atoms with Crippen molar-refractivity contribution in [2.75, 3.05) is 23.1 Å². The van der Waals surface area contributed by atoms with Crippen LogP contribution in [0.2, 0.25) is 5.02 Å². The minimum absolute atomic E-state index is 0.264. The van der Waals surface area contributed by atoms with Gasteiger partial charge >= 0.3 is 5.97 Å². The van der Waals surface area contributed by atoms with E-state index in [1.54, 1.807) is 6.07 Å². The van der Waals surface area contributed by atoms with Crippen molar-refractivity contribution in [1.82, 2.24) is 0 Å². The van der Waals surface area contributed by atoms with Gasteiger partial charge in [0.2, 0.25) is 0 Å². The monoisotopic (exact) mass is 387 g/mol. The lowest BCUT2D eigenvalue weighted by molar-refractivity contribution is 0.0590. The molecule has 1 atom stereocenters. The van der Waals surface area contributed by atoms with Crippen molar-refractivity contribution in [2.45, 2.75) is 39.1 Å². The van der Waals surface area contributed by atoms with Gasteiger partial charge in [0.15, 0.2) is 6.29 Å². The molecule has 2 aromatic rings. The highest BCUT2D eigenvalue weighted by atomic mass is 35.5. The number of esters is 1. The molecule has 7 heteroatoms. The molecule has 0 fully saturated rings. The Balaban J connectivity index is 1.68. The van der Waals surface area contributed by atoms with Gasteiger partial charge in [0.05, 0.1) is 29.2 Å². The van der Waals surface area contributed by atoms with E-state index in [4.69, 9.17) is 21.1 Å². The van der Waals surface area contributed by atoms with E-state index in [9.17, 15) is 4.79 Å². The molecule has 0 spiro atoms. The van der Waals surface area contributed by atoms with Crippen LogP contribution in [-0.2, 0) is 11.2 Å². The number of aryl methyl sites for hydroxylation is 1. The number of fused-ring (bicyclic) bond motifs is 3. The summed E-state index contributed by atoms with van der Waals surface area (Å²) in [6.07, 6.45) is 0.433. The first kappa shape index (κ1) is 17.8. The molecule has 0 amide bonds. The Labute approximate surface area is 163 Å². The lowest BCUT2D eigenvalue weighted by atomic mass is 9.98.